The van der Waals surface area contributed by atoms with Crippen LogP contribution < -0.4 is 10.6 Å². The Morgan fingerprint density at radius 2 is 2.00 bits per heavy atom. The minimum absolute atomic E-state index is 0.0759. The Balaban J connectivity index is 1.53. The number of carbonyl (C=O) groups excluding carboxylic acids is 2. The van der Waals surface area contributed by atoms with Gasteiger partial charge in [0.2, 0.25) is 17.6 Å². The summed E-state index contributed by atoms with van der Waals surface area (Å²) in [6, 6.07) is 12.6. The molecule has 1 saturated carbocycles. The van der Waals surface area contributed by atoms with E-state index < -0.39 is 0 Å². The van der Waals surface area contributed by atoms with Crippen molar-refractivity contribution in [1.29, 1.82) is 0 Å². The lowest BCUT2D eigenvalue weighted by Gasteiger charge is -2.17. The SMILES string of the molecule is COCCNC(=O)[C@H]1C[C@H](NC(=O)c2cccnc2)[C@H](c2nc(-c3ccccc3)no2)C1. The molecule has 166 valence electrons. The van der Waals surface area contributed by atoms with Crippen molar-refractivity contribution < 1.29 is 18.8 Å². The van der Waals surface area contributed by atoms with E-state index >= 15 is 0 Å². The van der Waals surface area contributed by atoms with Crippen molar-refractivity contribution >= 4 is 11.8 Å². The summed E-state index contributed by atoms with van der Waals surface area (Å²) in [4.78, 5) is 34.0. The quantitative estimate of drug-likeness (QED) is 0.521. The molecule has 4 rings (SSSR count). The zero-order chi connectivity index (χ0) is 22.3. The van der Waals surface area contributed by atoms with E-state index in [1.165, 1.54) is 6.20 Å². The van der Waals surface area contributed by atoms with Gasteiger partial charge in [0, 0.05) is 43.6 Å². The van der Waals surface area contributed by atoms with Gasteiger partial charge in [-0.15, -0.1) is 0 Å². The van der Waals surface area contributed by atoms with Crippen LogP contribution in [-0.4, -0.2) is 53.2 Å². The van der Waals surface area contributed by atoms with Crippen LogP contribution in [-0.2, 0) is 9.53 Å². The van der Waals surface area contributed by atoms with Crippen molar-refractivity contribution in [2.24, 2.45) is 5.92 Å². The topological polar surface area (TPSA) is 119 Å². The van der Waals surface area contributed by atoms with Gasteiger partial charge in [0.05, 0.1) is 18.1 Å². The third-order valence-corrected chi connectivity index (χ3v) is 5.57. The molecular weight excluding hydrogens is 410 g/mol. The number of nitrogens with zero attached hydrogens (tertiary/aromatic N) is 3. The van der Waals surface area contributed by atoms with Crippen molar-refractivity contribution in [2.45, 2.75) is 24.8 Å². The van der Waals surface area contributed by atoms with E-state index in [9.17, 15) is 9.59 Å². The Morgan fingerprint density at radius 1 is 1.16 bits per heavy atom. The molecule has 1 aliphatic carbocycles. The maximum atomic E-state index is 12.8. The third kappa shape index (κ3) is 5.00. The predicted molar refractivity (Wildman–Crippen MR) is 116 cm³/mol. The minimum Gasteiger partial charge on any atom is -0.383 e. The molecule has 3 aromatic rings. The highest BCUT2D eigenvalue weighted by Crippen LogP contribution is 2.39. The molecule has 0 bridgehead atoms. The molecule has 0 unspecified atom stereocenters. The lowest BCUT2D eigenvalue weighted by atomic mass is 10.0. The molecule has 2 heterocycles. The van der Waals surface area contributed by atoms with Gasteiger partial charge in [-0.3, -0.25) is 14.6 Å². The molecule has 1 fully saturated rings. The van der Waals surface area contributed by atoms with Crippen molar-refractivity contribution in [1.82, 2.24) is 25.8 Å². The van der Waals surface area contributed by atoms with Crippen LogP contribution in [0.1, 0.15) is 35.0 Å². The summed E-state index contributed by atoms with van der Waals surface area (Å²) >= 11 is 0. The number of carbonyl (C=O) groups is 2. The second kappa shape index (κ2) is 10.1. The third-order valence-electron chi connectivity index (χ3n) is 5.57. The maximum absolute atomic E-state index is 12.8. The second-order valence-electron chi connectivity index (χ2n) is 7.70. The number of pyridine rings is 1. The lowest BCUT2D eigenvalue weighted by Crippen LogP contribution is -2.37. The number of rotatable bonds is 8. The number of aromatic nitrogens is 3. The summed E-state index contributed by atoms with van der Waals surface area (Å²) in [6.07, 6.45) is 4.08. The Hall–Kier alpha value is -3.59. The first-order valence-electron chi connectivity index (χ1n) is 10.5. The van der Waals surface area contributed by atoms with E-state index in [1.54, 1.807) is 25.4 Å². The molecule has 9 nitrogen and oxygen atoms in total. The van der Waals surface area contributed by atoms with Gasteiger partial charge in [0.1, 0.15) is 0 Å². The van der Waals surface area contributed by atoms with Crippen molar-refractivity contribution in [3.63, 3.8) is 0 Å². The largest absolute Gasteiger partial charge is 0.383 e. The summed E-state index contributed by atoms with van der Waals surface area (Å²) in [7, 11) is 1.58. The summed E-state index contributed by atoms with van der Waals surface area (Å²) in [6.45, 7) is 0.870. The Kier molecular flexibility index (Phi) is 6.86. The Morgan fingerprint density at radius 3 is 2.75 bits per heavy atom. The van der Waals surface area contributed by atoms with Crippen molar-refractivity contribution in [3.05, 3.63) is 66.3 Å². The molecule has 32 heavy (non-hydrogen) atoms. The average Bonchev–Trinajstić information content (AvgIpc) is 3.48. The Bertz CT molecular complexity index is 1040. The second-order valence-corrected chi connectivity index (χ2v) is 7.70. The van der Waals surface area contributed by atoms with Crippen LogP contribution in [0.4, 0.5) is 0 Å². The van der Waals surface area contributed by atoms with E-state index in [-0.39, 0.29) is 29.7 Å². The van der Waals surface area contributed by atoms with Gasteiger partial charge in [0.25, 0.3) is 5.91 Å². The van der Waals surface area contributed by atoms with E-state index in [0.717, 1.165) is 5.56 Å². The number of ether oxygens (including phenoxy) is 1. The molecule has 1 aliphatic rings. The van der Waals surface area contributed by atoms with Gasteiger partial charge in [-0.25, -0.2) is 0 Å². The normalized spacial score (nSPS) is 20.1. The number of nitrogens with one attached hydrogen (secondary N) is 2. The zero-order valence-electron chi connectivity index (χ0n) is 17.7. The first-order chi connectivity index (χ1) is 15.7. The van der Waals surface area contributed by atoms with Gasteiger partial charge >= 0.3 is 0 Å². The summed E-state index contributed by atoms with van der Waals surface area (Å²) in [5.41, 5.74) is 1.29. The summed E-state index contributed by atoms with van der Waals surface area (Å²) in [5, 5.41) is 10.0. The van der Waals surface area contributed by atoms with Crippen LogP contribution in [0.25, 0.3) is 11.4 Å². The number of hydrogen-bond acceptors (Lipinski definition) is 7. The monoisotopic (exact) mass is 435 g/mol. The van der Waals surface area contributed by atoms with Gasteiger partial charge in [-0.2, -0.15) is 4.98 Å². The molecule has 1 aromatic carbocycles. The number of benzene rings is 1. The first kappa shape index (κ1) is 21.6. The fraction of sp³-hybridized carbons (Fsp3) is 0.348. The van der Waals surface area contributed by atoms with Crippen molar-refractivity contribution in [3.8, 4) is 11.4 Å². The first-order valence-corrected chi connectivity index (χ1v) is 10.5. The van der Waals surface area contributed by atoms with E-state index in [2.05, 4.69) is 25.8 Å². The highest BCUT2D eigenvalue weighted by molar-refractivity contribution is 5.94. The zero-order valence-corrected chi connectivity index (χ0v) is 17.7. The van der Waals surface area contributed by atoms with Gasteiger partial charge < -0.3 is 19.9 Å². The highest BCUT2D eigenvalue weighted by Gasteiger charge is 2.42. The van der Waals surface area contributed by atoms with Crippen LogP contribution in [0, 0.1) is 5.92 Å². The maximum Gasteiger partial charge on any atom is 0.253 e. The lowest BCUT2D eigenvalue weighted by molar-refractivity contribution is -0.125. The number of hydrogen-bond donors (Lipinski definition) is 2. The van der Waals surface area contributed by atoms with Gasteiger partial charge in [-0.05, 0) is 25.0 Å². The molecule has 3 atom stereocenters. The van der Waals surface area contributed by atoms with Crippen LogP contribution in [0.5, 0.6) is 0 Å². The van der Waals surface area contributed by atoms with Gasteiger partial charge in [-0.1, -0.05) is 35.5 Å². The molecule has 0 saturated heterocycles. The summed E-state index contributed by atoms with van der Waals surface area (Å²) in [5.74, 6) is -0.00957. The smallest absolute Gasteiger partial charge is 0.253 e. The minimum atomic E-state index is -0.329. The fourth-order valence-electron chi connectivity index (χ4n) is 3.94. The van der Waals surface area contributed by atoms with Gasteiger partial charge in [0.15, 0.2) is 0 Å². The van der Waals surface area contributed by atoms with Crippen LogP contribution >= 0.6 is 0 Å². The Labute approximate surface area is 185 Å². The summed E-state index contributed by atoms with van der Waals surface area (Å²) < 4.78 is 10.6. The highest BCUT2D eigenvalue weighted by atomic mass is 16.5. The molecule has 0 aliphatic heterocycles. The van der Waals surface area contributed by atoms with Crippen molar-refractivity contribution in [2.75, 3.05) is 20.3 Å². The van der Waals surface area contributed by atoms with Crippen LogP contribution in [0.2, 0.25) is 0 Å². The average molecular weight is 435 g/mol. The predicted octanol–water partition coefficient (Wildman–Crippen LogP) is 2.19. The molecule has 0 radical (unpaired) electrons. The van der Waals surface area contributed by atoms with Crippen LogP contribution in [0.3, 0.4) is 0 Å². The number of amides is 2. The molecular formula is C23H25N5O4. The molecule has 2 amide bonds. The van der Waals surface area contributed by atoms with Crippen LogP contribution in [0.15, 0.2) is 59.4 Å². The van der Waals surface area contributed by atoms with E-state index in [0.29, 0.717) is 43.3 Å². The molecule has 9 heteroatoms. The van der Waals surface area contributed by atoms with E-state index in [4.69, 9.17) is 9.26 Å². The standard InChI is InChI=1S/C23H25N5O4/c1-31-11-10-25-21(29)17-12-18(19(13-17)26-22(30)16-8-5-9-24-14-16)23-27-20(28-32-23)15-6-3-2-4-7-15/h2-9,14,17-19H,10-13H2,1H3,(H,25,29)(H,26,30)/t17-,18-,19+/m1/s1. The fourth-order valence-corrected chi connectivity index (χ4v) is 3.94. The molecule has 0 spiro atoms. The molecule has 2 aromatic heterocycles. The number of methoxy groups -OCH3 is 1. The molecule has 2 N–H and O–H groups in total. The van der Waals surface area contributed by atoms with E-state index in [1.807, 2.05) is 30.3 Å².